The Bertz CT molecular complexity index is 825. The molecule has 0 unspecified atom stereocenters. The Kier molecular flexibility index (Phi) is 4.55. The van der Waals surface area contributed by atoms with E-state index in [0.29, 0.717) is 12.1 Å². The third-order valence-corrected chi connectivity index (χ3v) is 5.82. The molecule has 4 heterocycles. The molecule has 9 nitrogen and oxygen atoms in total. The molecule has 1 aromatic rings. The van der Waals surface area contributed by atoms with Crippen LogP contribution in [0.3, 0.4) is 0 Å². The first-order chi connectivity index (χ1) is 12.7. The average Bonchev–Trinajstić information content (AvgIpc) is 3.23. The number of likely N-dealkylation sites (tertiary alicyclic amines) is 1. The molecule has 0 radical (unpaired) electrons. The molecular formula is C18H28N3O6+. The van der Waals surface area contributed by atoms with E-state index in [4.69, 9.17) is 14.2 Å². The van der Waals surface area contributed by atoms with Gasteiger partial charge in [-0.25, -0.2) is 4.79 Å². The standard InChI is InChI=1S/C18H27N3O6/c1-18(2)26-13-12(10-22)25-16(14(13)27-18)20-8-11(15(23)19-17(20)24)9-21(3)6-4-5-7-21/h8,12-14,16,22H,4-7,9-10H2,1-3H3/p+1/t12-,13-,14-,16-/m1/s1. The number of aliphatic hydroxyl groups excluding tert-OH is 1. The molecule has 0 aliphatic carbocycles. The minimum absolute atomic E-state index is 0.239. The lowest BCUT2D eigenvalue weighted by Gasteiger charge is -2.29. The molecule has 27 heavy (non-hydrogen) atoms. The summed E-state index contributed by atoms with van der Waals surface area (Å²) in [5, 5.41) is 9.63. The Labute approximate surface area is 157 Å². The van der Waals surface area contributed by atoms with Gasteiger partial charge in [-0.1, -0.05) is 0 Å². The molecule has 0 spiro atoms. The summed E-state index contributed by atoms with van der Waals surface area (Å²) >= 11 is 0. The van der Waals surface area contributed by atoms with Crippen LogP contribution < -0.4 is 11.2 Å². The van der Waals surface area contributed by atoms with Gasteiger partial charge in [0.2, 0.25) is 0 Å². The minimum atomic E-state index is -0.826. The number of aliphatic hydroxyl groups is 1. The number of aromatic amines is 1. The van der Waals surface area contributed by atoms with Gasteiger partial charge in [0, 0.05) is 19.0 Å². The first kappa shape index (κ1) is 18.8. The summed E-state index contributed by atoms with van der Waals surface area (Å²) in [7, 11) is 2.13. The van der Waals surface area contributed by atoms with Crippen molar-refractivity contribution in [1.82, 2.24) is 9.55 Å². The summed E-state index contributed by atoms with van der Waals surface area (Å²) in [6.07, 6.45) is 1.50. The summed E-state index contributed by atoms with van der Waals surface area (Å²) in [5.74, 6) is -0.826. The molecule has 4 rings (SSSR count). The van der Waals surface area contributed by atoms with E-state index < -0.39 is 36.0 Å². The van der Waals surface area contributed by atoms with E-state index in [-0.39, 0.29) is 12.2 Å². The van der Waals surface area contributed by atoms with Crippen LogP contribution in [0.1, 0.15) is 38.5 Å². The van der Waals surface area contributed by atoms with Crippen LogP contribution in [0, 0.1) is 0 Å². The van der Waals surface area contributed by atoms with E-state index in [9.17, 15) is 14.7 Å². The molecule has 2 N–H and O–H groups in total. The van der Waals surface area contributed by atoms with Crippen molar-refractivity contribution < 1.29 is 23.8 Å². The van der Waals surface area contributed by atoms with E-state index in [1.54, 1.807) is 20.0 Å². The highest BCUT2D eigenvalue weighted by Crippen LogP contribution is 2.42. The lowest BCUT2D eigenvalue weighted by molar-refractivity contribution is -0.911. The number of aromatic nitrogens is 2. The second-order valence-corrected chi connectivity index (χ2v) is 8.57. The number of nitrogens with one attached hydrogen (secondary N) is 1. The van der Waals surface area contributed by atoms with Gasteiger partial charge in [0.05, 0.1) is 32.3 Å². The summed E-state index contributed by atoms with van der Waals surface area (Å²) in [6.45, 7) is 5.92. The summed E-state index contributed by atoms with van der Waals surface area (Å²) in [6, 6.07) is 0. The van der Waals surface area contributed by atoms with E-state index in [2.05, 4.69) is 12.0 Å². The van der Waals surface area contributed by atoms with Crippen molar-refractivity contribution in [3.05, 3.63) is 32.6 Å². The van der Waals surface area contributed by atoms with Crippen LogP contribution in [-0.4, -0.2) is 70.0 Å². The predicted octanol–water partition coefficient (Wildman–Crippen LogP) is -0.313. The van der Waals surface area contributed by atoms with E-state index in [1.165, 1.54) is 4.57 Å². The highest BCUT2D eigenvalue weighted by molar-refractivity contribution is 5.06. The van der Waals surface area contributed by atoms with Gasteiger partial charge < -0.3 is 23.8 Å². The van der Waals surface area contributed by atoms with Gasteiger partial charge in [0.25, 0.3) is 5.56 Å². The SMILES string of the molecule is CC1(C)O[C@@H]2[C@H](O1)[C@@H](CO)O[C@H]2n1cc(C[N+]2(C)CCCC2)c(=O)[nH]c1=O. The van der Waals surface area contributed by atoms with Crippen molar-refractivity contribution in [2.75, 3.05) is 26.7 Å². The molecular weight excluding hydrogens is 354 g/mol. The number of fused-ring (bicyclic) bond motifs is 1. The van der Waals surface area contributed by atoms with Crippen molar-refractivity contribution >= 4 is 0 Å². The monoisotopic (exact) mass is 382 g/mol. The lowest BCUT2D eigenvalue weighted by atomic mass is 10.1. The lowest BCUT2D eigenvalue weighted by Crippen LogP contribution is -2.44. The fourth-order valence-electron chi connectivity index (χ4n) is 4.53. The molecule has 3 aliphatic rings. The Morgan fingerprint density at radius 1 is 1.26 bits per heavy atom. The van der Waals surface area contributed by atoms with Gasteiger partial charge in [0.1, 0.15) is 24.9 Å². The summed E-state index contributed by atoms with van der Waals surface area (Å²) in [5.41, 5.74) is -0.368. The van der Waals surface area contributed by atoms with Gasteiger partial charge >= 0.3 is 5.69 Å². The fourth-order valence-corrected chi connectivity index (χ4v) is 4.53. The van der Waals surface area contributed by atoms with Crippen LogP contribution in [0.4, 0.5) is 0 Å². The fraction of sp³-hybridized carbons (Fsp3) is 0.778. The molecule has 4 atom stereocenters. The molecule has 3 aliphatic heterocycles. The van der Waals surface area contributed by atoms with E-state index in [0.717, 1.165) is 30.4 Å². The zero-order valence-corrected chi connectivity index (χ0v) is 16.0. The van der Waals surface area contributed by atoms with Crippen molar-refractivity contribution in [2.45, 2.75) is 63.6 Å². The molecule has 9 heteroatoms. The Balaban J connectivity index is 1.68. The first-order valence-electron chi connectivity index (χ1n) is 9.51. The van der Waals surface area contributed by atoms with Crippen molar-refractivity contribution in [3.8, 4) is 0 Å². The molecule has 3 fully saturated rings. The second kappa shape index (κ2) is 6.52. The first-order valence-corrected chi connectivity index (χ1v) is 9.51. The van der Waals surface area contributed by atoms with E-state index in [1.807, 2.05) is 0 Å². The quantitative estimate of drug-likeness (QED) is 0.693. The largest absolute Gasteiger partial charge is 0.394 e. The molecule has 3 saturated heterocycles. The molecule has 0 amide bonds. The van der Waals surface area contributed by atoms with Crippen LogP contribution in [0.5, 0.6) is 0 Å². The molecule has 0 aromatic carbocycles. The Hall–Kier alpha value is -1.52. The zero-order chi connectivity index (χ0) is 19.4. The maximum Gasteiger partial charge on any atom is 0.330 e. The van der Waals surface area contributed by atoms with Crippen LogP contribution >= 0.6 is 0 Å². The molecule has 1 aromatic heterocycles. The summed E-state index contributed by atoms with van der Waals surface area (Å²) < 4.78 is 19.8. The van der Waals surface area contributed by atoms with Gasteiger partial charge in [-0.05, 0) is 13.8 Å². The maximum atomic E-state index is 12.5. The summed E-state index contributed by atoms with van der Waals surface area (Å²) in [4.78, 5) is 27.3. The number of ether oxygens (including phenoxy) is 3. The van der Waals surface area contributed by atoms with E-state index >= 15 is 0 Å². The molecule has 0 saturated carbocycles. The maximum absolute atomic E-state index is 12.5. The Morgan fingerprint density at radius 2 is 1.93 bits per heavy atom. The third-order valence-electron chi connectivity index (χ3n) is 5.82. The highest BCUT2D eigenvalue weighted by atomic mass is 16.8. The average molecular weight is 382 g/mol. The Morgan fingerprint density at radius 3 is 2.59 bits per heavy atom. The van der Waals surface area contributed by atoms with Gasteiger partial charge in [-0.2, -0.15) is 0 Å². The second-order valence-electron chi connectivity index (χ2n) is 8.57. The third kappa shape index (κ3) is 3.38. The van der Waals surface area contributed by atoms with Crippen molar-refractivity contribution in [1.29, 1.82) is 0 Å². The zero-order valence-electron chi connectivity index (χ0n) is 16.0. The topological polar surface area (TPSA) is 103 Å². The molecule has 0 bridgehead atoms. The van der Waals surface area contributed by atoms with Gasteiger partial charge in [-0.3, -0.25) is 14.3 Å². The number of hydrogen-bond donors (Lipinski definition) is 2. The number of hydrogen-bond acceptors (Lipinski definition) is 6. The van der Waals surface area contributed by atoms with Crippen LogP contribution in [0.25, 0.3) is 0 Å². The number of H-pyrrole nitrogens is 1. The van der Waals surface area contributed by atoms with Gasteiger partial charge in [-0.15, -0.1) is 0 Å². The number of quaternary nitrogens is 1. The predicted molar refractivity (Wildman–Crippen MR) is 95.0 cm³/mol. The smallest absolute Gasteiger partial charge is 0.330 e. The number of nitrogens with zero attached hydrogens (tertiary/aromatic N) is 2. The van der Waals surface area contributed by atoms with Crippen LogP contribution in [0.15, 0.2) is 15.8 Å². The molecule has 150 valence electrons. The van der Waals surface area contributed by atoms with Crippen LogP contribution in [-0.2, 0) is 20.8 Å². The highest BCUT2D eigenvalue weighted by Gasteiger charge is 2.56. The van der Waals surface area contributed by atoms with Gasteiger partial charge in [0.15, 0.2) is 12.0 Å². The minimum Gasteiger partial charge on any atom is -0.394 e. The van der Waals surface area contributed by atoms with Crippen LogP contribution in [0.2, 0.25) is 0 Å². The van der Waals surface area contributed by atoms with Crippen molar-refractivity contribution in [3.63, 3.8) is 0 Å². The number of rotatable bonds is 4. The normalized spacial score (nSPS) is 34.1. The van der Waals surface area contributed by atoms with Crippen molar-refractivity contribution in [2.24, 2.45) is 0 Å².